The Hall–Kier alpha value is -2.15. The number of rotatable bonds is 4. The van der Waals surface area contributed by atoms with E-state index in [-0.39, 0.29) is 24.3 Å². The third-order valence-corrected chi connectivity index (χ3v) is 4.84. The molecule has 122 valence electrons. The van der Waals surface area contributed by atoms with Gasteiger partial charge >= 0.3 is 0 Å². The lowest BCUT2D eigenvalue weighted by Gasteiger charge is -2.16. The number of aliphatic hydroxyl groups excluding tert-OH is 1. The van der Waals surface area contributed by atoms with Gasteiger partial charge in [-0.1, -0.05) is 5.16 Å². The van der Waals surface area contributed by atoms with Crippen molar-refractivity contribution in [2.24, 2.45) is 13.0 Å². The normalized spacial score (nSPS) is 24.3. The summed E-state index contributed by atoms with van der Waals surface area (Å²) >= 11 is 0. The Morgan fingerprint density at radius 3 is 2.91 bits per heavy atom. The molecule has 1 aliphatic heterocycles. The molecule has 3 heterocycles. The van der Waals surface area contributed by atoms with Crippen LogP contribution in [-0.2, 0) is 7.05 Å². The molecule has 1 saturated carbocycles. The maximum Gasteiger partial charge on any atom is 0.270 e. The van der Waals surface area contributed by atoms with Crippen molar-refractivity contribution in [2.75, 3.05) is 19.7 Å². The van der Waals surface area contributed by atoms with Crippen LogP contribution in [0.1, 0.15) is 46.9 Å². The van der Waals surface area contributed by atoms with Crippen LogP contribution in [0.4, 0.5) is 0 Å². The molecule has 1 saturated heterocycles. The number of hydrogen-bond acceptors (Lipinski definition) is 5. The van der Waals surface area contributed by atoms with Gasteiger partial charge in [0.05, 0.1) is 5.92 Å². The molecule has 23 heavy (non-hydrogen) atoms. The molecule has 2 aromatic heterocycles. The first kappa shape index (κ1) is 14.4. The van der Waals surface area contributed by atoms with E-state index in [1.165, 1.54) is 0 Å². The summed E-state index contributed by atoms with van der Waals surface area (Å²) in [6.07, 6.45) is 4.08. The first-order valence-corrected chi connectivity index (χ1v) is 8.02. The number of likely N-dealkylation sites (tertiary alicyclic amines) is 1. The highest BCUT2D eigenvalue weighted by Crippen LogP contribution is 2.40. The zero-order chi connectivity index (χ0) is 16.0. The molecule has 0 aromatic carbocycles. The smallest absolute Gasteiger partial charge is 0.270 e. The molecule has 1 aliphatic carbocycles. The lowest BCUT2D eigenvalue weighted by molar-refractivity contribution is 0.0771. The molecular weight excluding hydrogens is 296 g/mol. The maximum atomic E-state index is 12.6. The fourth-order valence-electron chi connectivity index (χ4n) is 3.25. The molecule has 0 unspecified atom stereocenters. The topological polar surface area (TPSA) is 84.4 Å². The van der Waals surface area contributed by atoms with E-state index in [4.69, 9.17) is 4.52 Å². The standard InChI is InChI=1S/C16H20N4O3/c1-19-6-2-3-13(19)16(22)20-7-11(9-21)12(8-20)15-17-14(18-23-15)10-4-5-10/h2-3,6,10-12,21H,4-5,7-9H2,1H3/t11-,12+/m0/s1. The minimum Gasteiger partial charge on any atom is -0.396 e. The molecule has 4 rings (SSSR count). The Morgan fingerprint density at radius 1 is 1.43 bits per heavy atom. The number of nitrogens with zero attached hydrogens (tertiary/aromatic N) is 4. The van der Waals surface area contributed by atoms with Gasteiger partial charge in [-0.15, -0.1) is 0 Å². The van der Waals surface area contributed by atoms with Gasteiger partial charge in [-0.05, 0) is 25.0 Å². The van der Waals surface area contributed by atoms with Gasteiger partial charge < -0.3 is 19.1 Å². The molecule has 0 radical (unpaired) electrons. The second-order valence-corrected chi connectivity index (χ2v) is 6.53. The number of aromatic nitrogens is 3. The van der Waals surface area contributed by atoms with E-state index in [0.717, 1.165) is 18.7 Å². The van der Waals surface area contributed by atoms with Crippen LogP contribution in [0.2, 0.25) is 0 Å². The average Bonchev–Trinajstić information content (AvgIpc) is 2.99. The number of hydrogen-bond donors (Lipinski definition) is 1. The van der Waals surface area contributed by atoms with Crippen molar-refractivity contribution in [1.29, 1.82) is 0 Å². The predicted octanol–water partition coefficient (Wildman–Crippen LogP) is 1.13. The second kappa shape index (κ2) is 5.49. The van der Waals surface area contributed by atoms with E-state index in [9.17, 15) is 9.90 Å². The van der Waals surface area contributed by atoms with E-state index in [0.29, 0.717) is 30.6 Å². The highest BCUT2D eigenvalue weighted by molar-refractivity contribution is 5.93. The van der Waals surface area contributed by atoms with Gasteiger partial charge in [-0.2, -0.15) is 4.98 Å². The first-order chi connectivity index (χ1) is 11.2. The third kappa shape index (κ3) is 2.55. The number of aryl methyl sites for hydroxylation is 1. The average molecular weight is 316 g/mol. The van der Waals surface area contributed by atoms with Gasteiger partial charge in [-0.3, -0.25) is 4.79 Å². The van der Waals surface area contributed by atoms with Crippen molar-refractivity contribution in [3.8, 4) is 0 Å². The van der Waals surface area contributed by atoms with E-state index >= 15 is 0 Å². The summed E-state index contributed by atoms with van der Waals surface area (Å²) in [7, 11) is 1.85. The summed E-state index contributed by atoms with van der Waals surface area (Å²) in [6.45, 7) is 1.01. The predicted molar refractivity (Wildman–Crippen MR) is 80.9 cm³/mol. The van der Waals surface area contributed by atoms with Crippen molar-refractivity contribution in [2.45, 2.75) is 24.7 Å². The van der Waals surface area contributed by atoms with Crippen LogP contribution in [-0.4, -0.2) is 50.3 Å². The highest BCUT2D eigenvalue weighted by atomic mass is 16.5. The molecule has 2 aromatic rings. The van der Waals surface area contributed by atoms with Crippen LogP contribution in [0, 0.1) is 5.92 Å². The first-order valence-electron chi connectivity index (χ1n) is 8.02. The molecule has 1 amide bonds. The minimum atomic E-state index is -0.0933. The zero-order valence-electron chi connectivity index (χ0n) is 13.1. The molecule has 2 fully saturated rings. The second-order valence-electron chi connectivity index (χ2n) is 6.53. The van der Waals surface area contributed by atoms with Crippen LogP contribution in [0.25, 0.3) is 0 Å². The van der Waals surface area contributed by atoms with Crippen molar-refractivity contribution in [1.82, 2.24) is 19.6 Å². The molecular formula is C16H20N4O3. The van der Waals surface area contributed by atoms with Crippen molar-refractivity contribution < 1.29 is 14.4 Å². The number of aliphatic hydroxyl groups is 1. The lowest BCUT2D eigenvalue weighted by atomic mass is 9.97. The Morgan fingerprint density at radius 2 is 2.26 bits per heavy atom. The summed E-state index contributed by atoms with van der Waals surface area (Å²) in [6, 6.07) is 3.66. The van der Waals surface area contributed by atoms with E-state index < -0.39 is 0 Å². The fraction of sp³-hybridized carbons (Fsp3) is 0.562. The largest absolute Gasteiger partial charge is 0.396 e. The van der Waals surface area contributed by atoms with Crippen molar-refractivity contribution >= 4 is 5.91 Å². The van der Waals surface area contributed by atoms with Crippen molar-refractivity contribution in [3.63, 3.8) is 0 Å². The van der Waals surface area contributed by atoms with Gasteiger partial charge in [0.25, 0.3) is 5.91 Å². The molecule has 7 nitrogen and oxygen atoms in total. The summed E-state index contributed by atoms with van der Waals surface area (Å²) < 4.78 is 7.22. The molecule has 0 spiro atoms. The minimum absolute atomic E-state index is 0.00270. The number of carbonyl (C=O) groups excluding carboxylic acids is 1. The monoisotopic (exact) mass is 316 g/mol. The van der Waals surface area contributed by atoms with E-state index in [2.05, 4.69) is 10.1 Å². The summed E-state index contributed by atoms with van der Waals surface area (Å²) in [5, 5.41) is 13.7. The maximum absolute atomic E-state index is 12.6. The molecule has 1 N–H and O–H groups in total. The Kier molecular flexibility index (Phi) is 3.45. The van der Waals surface area contributed by atoms with Crippen LogP contribution in [0.3, 0.4) is 0 Å². The zero-order valence-corrected chi connectivity index (χ0v) is 13.1. The summed E-state index contributed by atoms with van der Waals surface area (Å²) in [5.41, 5.74) is 0.645. The van der Waals surface area contributed by atoms with Crippen LogP contribution in [0.15, 0.2) is 22.9 Å². The van der Waals surface area contributed by atoms with E-state index in [1.807, 2.05) is 29.9 Å². The van der Waals surface area contributed by atoms with Crippen molar-refractivity contribution in [3.05, 3.63) is 35.7 Å². The molecule has 2 atom stereocenters. The SMILES string of the molecule is Cn1cccc1C(=O)N1C[C@@H](CO)[C@H](c2nc(C3CC3)no2)C1. The molecule has 2 aliphatic rings. The summed E-state index contributed by atoms with van der Waals surface area (Å²) in [5.74, 6) is 1.57. The van der Waals surface area contributed by atoms with Gasteiger partial charge in [-0.25, -0.2) is 0 Å². The van der Waals surface area contributed by atoms with Gasteiger partial charge in [0.1, 0.15) is 5.69 Å². The number of carbonyl (C=O) groups is 1. The third-order valence-electron chi connectivity index (χ3n) is 4.84. The Labute approximate surface area is 133 Å². The van der Waals surface area contributed by atoms with E-state index in [1.54, 1.807) is 4.90 Å². The van der Waals surface area contributed by atoms with Crippen LogP contribution < -0.4 is 0 Å². The van der Waals surface area contributed by atoms with Crippen LogP contribution in [0.5, 0.6) is 0 Å². The quantitative estimate of drug-likeness (QED) is 0.914. The summed E-state index contributed by atoms with van der Waals surface area (Å²) in [4.78, 5) is 18.9. The Bertz CT molecular complexity index is 718. The molecule has 0 bridgehead atoms. The van der Waals surface area contributed by atoms with Gasteiger partial charge in [0.15, 0.2) is 5.82 Å². The van der Waals surface area contributed by atoms with Gasteiger partial charge in [0, 0.05) is 44.8 Å². The lowest BCUT2D eigenvalue weighted by Crippen LogP contribution is -2.30. The van der Waals surface area contributed by atoms with Gasteiger partial charge in [0.2, 0.25) is 5.89 Å². The number of amides is 1. The van der Waals surface area contributed by atoms with Crippen LogP contribution >= 0.6 is 0 Å². The Balaban J connectivity index is 1.54. The highest BCUT2D eigenvalue weighted by Gasteiger charge is 2.40. The molecule has 7 heteroatoms. The fourth-order valence-corrected chi connectivity index (χ4v) is 3.25.